The van der Waals surface area contributed by atoms with Gasteiger partial charge in [-0.2, -0.15) is 5.26 Å². The monoisotopic (exact) mass is 266 g/mol. The van der Waals surface area contributed by atoms with E-state index >= 15 is 0 Å². The van der Waals surface area contributed by atoms with Gasteiger partial charge in [-0.25, -0.2) is 4.79 Å². The van der Waals surface area contributed by atoms with Crippen LogP contribution in [0.15, 0.2) is 6.07 Å². The first kappa shape index (κ1) is 14.7. The number of aryl methyl sites for hydroxylation is 1. The standard InChI is InChI=1S/C13H18N2O2S/c1-9(2)15(6-4-5-14)8-11-7-12(13(16)17)18-10(11)3/h7,9H,4,6,8H2,1-3H3,(H,16,17). The second-order valence-corrected chi connectivity index (χ2v) is 5.73. The minimum atomic E-state index is -0.873. The molecule has 4 nitrogen and oxygen atoms in total. The van der Waals surface area contributed by atoms with Gasteiger partial charge in [0.2, 0.25) is 0 Å². The van der Waals surface area contributed by atoms with E-state index in [9.17, 15) is 4.79 Å². The average Bonchev–Trinajstić information content (AvgIpc) is 2.66. The van der Waals surface area contributed by atoms with Gasteiger partial charge < -0.3 is 5.11 Å². The molecular weight excluding hydrogens is 248 g/mol. The Morgan fingerprint density at radius 1 is 1.61 bits per heavy atom. The highest BCUT2D eigenvalue weighted by Crippen LogP contribution is 2.23. The number of hydrogen-bond donors (Lipinski definition) is 1. The third kappa shape index (κ3) is 3.83. The van der Waals surface area contributed by atoms with Gasteiger partial charge in [0.15, 0.2) is 0 Å². The van der Waals surface area contributed by atoms with Crippen LogP contribution in [0.1, 0.15) is 40.4 Å². The summed E-state index contributed by atoms with van der Waals surface area (Å²) in [6.45, 7) is 7.52. The molecule has 1 rings (SSSR count). The van der Waals surface area contributed by atoms with Crippen molar-refractivity contribution < 1.29 is 9.90 Å². The molecule has 0 bridgehead atoms. The van der Waals surface area contributed by atoms with Crippen LogP contribution in [-0.2, 0) is 6.54 Å². The SMILES string of the molecule is Cc1sc(C(=O)O)cc1CN(CCC#N)C(C)C. The molecule has 1 heterocycles. The van der Waals surface area contributed by atoms with Gasteiger partial charge in [0.1, 0.15) is 4.88 Å². The molecule has 0 atom stereocenters. The second kappa shape index (κ2) is 6.53. The van der Waals surface area contributed by atoms with Crippen LogP contribution in [0.3, 0.4) is 0 Å². The van der Waals surface area contributed by atoms with Crippen LogP contribution >= 0.6 is 11.3 Å². The number of carbonyl (C=O) groups is 1. The predicted octanol–water partition coefficient (Wildman–Crippen LogP) is 2.88. The smallest absolute Gasteiger partial charge is 0.345 e. The first-order valence-electron chi connectivity index (χ1n) is 5.89. The fourth-order valence-electron chi connectivity index (χ4n) is 1.71. The average molecular weight is 266 g/mol. The lowest BCUT2D eigenvalue weighted by Gasteiger charge is -2.25. The highest BCUT2D eigenvalue weighted by Gasteiger charge is 2.15. The summed E-state index contributed by atoms with van der Waals surface area (Å²) in [5, 5.41) is 17.6. The number of nitrogens with zero attached hydrogens (tertiary/aromatic N) is 2. The topological polar surface area (TPSA) is 64.3 Å². The lowest BCUT2D eigenvalue weighted by molar-refractivity contribution is 0.0702. The Hall–Kier alpha value is -1.38. The van der Waals surface area contributed by atoms with E-state index in [2.05, 4.69) is 24.8 Å². The quantitative estimate of drug-likeness (QED) is 0.860. The number of hydrogen-bond acceptors (Lipinski definition) is 4. The summed E-state index contributed by atoms with van der Waals surface area (Å²) in [5.41, 5.74) is 1.05. The molecule has 1 N–H and O–H groups in total. The molecule has 0 amide bonds. The fourth-order valence-corrected chi connectivity index (χ4v) is 2.59. The van der Waals surface area contributed by atoms with Crippen molar-refractivity contribution in [2.24, 2.45) is 0 Å². The van der Waals surface area contributed by atoms with Crippen molar-refractivity contribution in [3.63, 3.8) is 0 Å². The summed E-state index contributed by atoms with van der Waals surface area (Å²) in [6.07, 6.45) is 0.493. The molecule has 98 valence electrons. The molecule has 0 fully saturated rings. The van der Waals surface area contributed by atoms with E-state index in [0.29, 0.717) is 30.4 Å². The van der Waals surface area contributed by atoms with E-state index < -0.39 is 5.97 Å². The largest absolute Gasteiger partial charge is 0.477 e. The van der Waals surface area contributed by atoms with Crippen LogP contribution in [0.5, 0.6) is 0 Å². The molecular formula is C13H18N2O2S. The molecule has 18 heavy (non-hydrogen) atoms. The number of thiophene rings is 1. The number of carboxylic acids is 1. The summed E-state index contributed by atoms with van der Waals surface area (Å²) < 4.78 is 0. The van der Waals surface area contributed by atoms with Crippen LogP contribution in [0.4, 0.5) is 0 Å². The van der Waals surface area contributed by atoms with Gasteiger partial charge in [-0.1, -0.05) is 0 Å². The second-order valence-electron chi connectivity index (χ2n) is 4.47. The van der Waals surface area contributed by atoms with Crippen molar-refractivity contribution in [1.29, 1.82) is 5.26 Å². The Bertz CT molecular complexity index is 460. The molecule has 0 aliphatic carbocycles. The highest BCUT2D eigenvalue weighted by atomic mass is 32.1. The van der Waals surface area contributed by atoms with Crippen LogP contribution in [0.2, 0.25) is 0 Å². The van der Waals surface area contributed by atoms with Crippen molar-refractivity contribution in [1.82, 2.24) is 4.90 Å². The molecule has 0 saturated heterocycles. The zero-order valence-electron chi connectivity index (χ0n) is 10.9. The van der Waals surface area contributed by atoms with Gasteiger partial charge in [0.05, 0.1) is 6.07 Å². The van der Waals surface area contributed by atoms with Gasteiger partial charge >= 0.3 is 5.97 Å². The van der Waals surface area contributed by atoms with E-state index in [0.717, 1.165) is 10.4 Å². The maximum Gasteiger partial charge on any atom is 0.345 e. The molecule has 0 aromatic carbocycles. The molecule has 0 saturated carbocycles. The van der Waals surface area contributed by atoms with Crippen LogP contribution in [0, 0.1) is 18.3 Å². The Labute approximate surface area is 111 Å². The van der Waals surface area contributed by atoms with Crippen molar-refractivity contribution >= 4 is 17.3 Å². The van der Waals surface area contributed by atoms with Crippen LogP contribution in [0.25, 0.3) is 0 Å². The molecule has 1 aromatic rings. The van der Waals surface area contributed by atoms with Crippen molar-refractivity contribution in [3.8, 4) is 6.07 Å². The maximum absolute atomic E-state index is 10.9. The van der Waals surface area contributed by atoms with Gasteiger partial charge in [-0.05, 0) is 32.4 Å². The summed E-state index contributed by atoms with van der Waals surface area (Å²) in [4.78, 5) is 14.5. The molecule has 0 spiro atoms. The van der Waals surface area contributed by atoms with Crippen molar-refractivity contribution in [3.05, 3.63) is 21.4 Å². The van der Waals surface area contributed by atoms with E-state index in [4.69, 9.17) is 10.4 Å². The number of rotatable bonds is 6. The number of aromatic carboxylic acids is 1. The zero-order valence-corrected chi connectivity index (χ0v) is 11.8. The maximum atomic E-state index is 10.9. The van der Waals surface area contributed by atoms with E-state index in [1.54, 1.807) is 6.07 Å². The normalized spacial score (nSPS) is 10.9. The Morgan fingerprint density at radius 3 is 2.72 bits per heavy atom. The fraction of sp³-hybridized carbons (Fsp3) is 0.538. The van der Waals surface area contributed by atoms with E-state index in [1.165, 1.54) is 11.3 Å². The predicted molar refractivity (Wildman–Crippen MR) is 71.8 cm³/mol. The van der Waals surface area contributed by atoms with E-state index in [1.807, 2.05) is 6.92 Å². The molecule has 0 radical (unpaired) electrons. The minimum Gasteiger partial charge on any atom is -0.477 e. The third-order valence-electron chi connectivity index (χ3n) is 2.85. The van der Waals surface area contributed by atoms with Gasteiger partial charge in [0, 0.05) is 30.4 Å². The number of nitriles is 1. The van der Waals surface area contributed by atoms with Gasteiger partial charge in [0.25, 0.3) is 0 Å². The Balaban J connectivity index is 2.80. The third-order valence-corrected chi connectivity index (χ3v) is 3.93. The molecule has 0 aliphatic rings. The molecule has 0 unspecified atom stereocenters. The van der Waals surface area contributed by atoms with Crippen LogP contribution in [-0.4, -0.2) is 28.6 Å². The molecule has 5 heteroatoms. The Kier molecular flexibility index (Phi) is 5.32. The first-order valence-corrected chi connectivity index (χ1v) is 6.71. The first-order chi connectivity index (χ1) is 8.45. The highest BCUT2D eigenvalue weighted by molar-refractivity contribution is 7.14. The summed E-state index contributed by atoms with van der Waals surface area (Å²) in [5.74, 6) is -0.873. The summed E-state index contributed by atoms with van der Waals surface area (Å²) in [7, 11) is 0. The van der Waals surface area contributed by atoms with Crippen molar-refractivity contribution in [2.45, 2.75) is 39.8 Å². The summed E-state index contributed by atoms with van der Waals surface area (Å²) in [6, 6.07) is 4.22. The van der Waals surface area contributed by atoms with Gasteiger partial charge in [-0.3, -0.25) is 4.90 Å². The lowest BCUT2D eigenvalue weighted by Crippen LogP contribution is -2.31. The zero-order chi connectivity index (χ0) is 13.7. The van der Waals surface area contributed by atoms with Crippen molar-refractivity contribution in [2.75, 3.05) is 6.54 Å². The molecule has 1 aromatic heterocycles. The molecule has 0 aliphatic heterocycles. The minimum absolute atomic E-state index is 0.339. The Morgan fingerprint density at radius 2 is 2.28 bits per heavy atom. The van der Waals surface area contributed by atoms with Gasteiger partial charge in [-0.15, -0.1) is 11.3 Å². The number of carboxylic acid groups (broad SMARTS) is 1. The lowest BCUT2D eigenvalue weighted by atomic mass is 10.2. The van der Waals surface area contributed by atoms with E-state index in [-0.39, 0.29) is 0 Å². The van der Waals surface area contributed by atoms with Crippen LogP contribution < -0.4 is 0 Å². The summed E-state index contributed by atoms with van der Waals surface area (Å²) >= 11 is 1.31.